The Morgan fingerprint density at radius 3 is 2.55 bits per heavy atom. The van der Waals surface area contributed by atoms with Gasteiger partial charge in [0.25, 0.3) is 0 Å². The number of hydrogen-bond donors (Lipinski definition) is 3. The molecule has 1 fully saturated rings. The second kappa shape index (κ2) is 8.94. The Balaban J connectivity index is 1.65. The number of halogens is 1. The number of benzene rings is 1. The molecule has 9 heteroatoms. The molecule has 29 heavy (non-hydrogen) atoms. The predicted molar refractivity (Wildman–Crippen MR) is 111 cm³/mol. The Labute approximate surface area is 178 Å². The molecule has 1 atom stereocenters. The fourth-order valence-corrected chi connectivity index (χ4v) is 4.33. The SMILES string of the molecule is CNC(=O)C(=O)N[C@@H](C)CC1CCC2(CC1)OC(=O)NN=C2c1ccc(Br)cc1. The number of hydrazone groups is 1. The molecule has 0 radical (unpaired) electrons. The summed E-state index contributed by atoms with van der Waals surface area (Å²) in [5.41, 5.74) is 3.35. The normalized spacial score (nSPS) is 24.7. The molecule has 1 aliphatic heterocycles. The predicted octanol–water partition coefficient (Wildman–Crippen LogP) is 2.46. The van der Waals surface area contributed by atoms with Crippen LogP contribution >= 0.6 is 15.9 Å². The van der Waals surface area contributed by atoms with Gasteiger partial charge in [-0.2, -0.15) is 5.10 Å². The maximum Gasteiger partial charge on any atom is 0.428 e. The molecule has 1 spiro atoms. The fourth-order valence-electron chi connectivity index (χ4n) is 4.07. The van der Waals surface area contributed by atoms with Crippen molar-refractivity contribution in [2.45, 2.75) is 50.7 Å². The topological polar surface area (TPSA) is 109 Å². The standard InChI is InChI=1S/C20H25BrN4O4/c1-12(23-18(27)17(26)22-2)11-13-7-9-20(10-8-13)16(24-25-19(28)29-20)14-3-5-15(21)6-4-14/h3-6,12-13H,7-11H2,1-2H3,(H,22,26)(H,23,27)(H,25,28)/t12-,13?,20?/m0/s1. The van der Waals surface area contributed by atoms with Crippen LogP contribution in [-0.4, -0.2) is 42.3 Å². The van der Waals surface area contributed by atoms with Crippen molar-refractivity contribution in [3.63, 3.8) is 0 Å². The van der Waals surface area contributed by atoms with Crippen LogP contribution in [-0.2, 0) is 14.3 Å². The summed E-state index contributed by atoms with van der Waals surface area (Å²) in [6.07, 6.45) is 3.23. The van der Waals surface area contributed by atoms with E-state index in [1.54, 1.807) is 0 Å². The highest BCUT2D eigenvalue weighted by molar-refractivity contribution is 9.10. The van der Waals surface area contributed by atoms with Crippen LogP contribution in [0.25, 0.3) is 0 Å². The molecule has 3 rings (SSSR count). The van der Waals surface area contributed by atoms with Crippen LogP contribution in [0.2, 0.25) is 0 Å². The largest absolute Gasteiger partial charge is 0.435 e. The fraction of sp³-hybridized carbons (Fsp3) is 0.500. The Bertz CT molecular complexity index is 816. The molecule has 1 aromatic rings. The number of rotatable bonds is 4. The highest BCUT2D eigenvalue weighted by Gasteiger charge is 2.46. The number of hydrogen-bond acceptors (Lipinski definition) is 5. The molecule has 156 valence electrons. The number of amides is 3. The summed E-state index contributed by atoms with van der Waals surface area (Å²) in [5.74, 6) is -0.902. The van der Waals surface area contributed by atoms with E-state index in [-0.39, 0.29) is 6.04 Å². The number of nitrogens with one attached hydrogen (secondary N) is 3. The first-order valence-electron chi connectivity index (χ1n) is 9.68. The number of ether oxygens (including phenoxy) is 1. The molecule has 2 aliphatic rings. The lowest BCUT2D eigenvalue weighted by atomic mass is 9.73. The van der Waals surface area contributed by atoms with Gasteiger partial charge in [0.1, 0.15) is 5.71 Å². The summed E-state index contributed by atoms with van der Waals surface area (Å²) in [5, 5.41) is 9.36. The molecule has 3 N–H and O–H groups in total. The number of carbonyl (C=O) groups is 3. The minimum absolute atomic E-state index is 0.117. The smallest absolute Gasteiger partial charge is 0.428 e. The van der Waals surface area contributed by atoms with Crippen LogP contribution in [0.3, 0.4) is 0 Å². The number of nitrogens with zero attached hydrogens (tertiary/aromatic N) is 1. The zero-order chi connectivity index (χ0) is 21.0. The van der Waals surface area contributed by atoms with Crippen LogP contribution < -0.4 is 16.1 Å². The molecular weight excluding hydrogens is 440 g/mol. The van der Waals surface area contributed by atoms with Crippen LogP contribution in [0, 0.1) is 5.92 Å². The molecule has 1 saturated carbocycles. The average molecular weight is 465 g/mol. The Kier molecular flexibility index (Phi) is 6.56. The van der Waals surface area contributed by atoms with E-state index in [0.29, 0.717) is 18.8 Å². The second-order valence-corrected chi connectivity index (χ2v) is 8.51. The van der Waals surface area contributed by atoms with Gasteiger partial charge in [-0.05, 0) is 57.1 Å². The number of likely N-dealkylation sites (N-methyl/N-ethyl adjacent to an activating group) is 1. The Morgan fingerprint density at radius 1 is 1.28 bits per heavy atom. The zero-order valence-electron chi connectivity index (χ0n) is 16.5. The van der Waals surface area contributed by atoms with Crippen molar-refractivity contribution in [2.75, 3.05) is 7.05 Å². The third kappa shape index (κ3) is 4.95. The molecule has 1 aromatic carbocycles. The van der Waals surface area contributed by atoms with Gasteiger partial charge in [-0.1, -0.05) is 28.1 Å². The molecular formula is C20H25BrN4O4. The number of carbonyl (C=O) groups excluding carboxylic acids is 3. The summed E-state index contributed by atoms with van der Waals surface area (Å²) in [7, 11) is 1.43. The highest BCUT2D eigenvalue weighted by Crippen LogP contribution is 2.40. The molecule has 0 bridgehead atoms. The monoisotopic (exact) mass is 464 g/mol. The maximum atomic E-state index is 11.9. The summed E-state index contributed by atoms with van der Waals surface area (Å²) in [6.45, 7) is 1.89. The van der Waals surface area contributed by atoms with Gasteiger partial charge >= 0.3 is 17.9 Å². The van der Waals surface area contributed by atoms with Gasteiger partial charge in [-0.15, -0.1) is 0 Å². The summed E-state index contributed by atoms with van der Waals surface area (Å²) < 4.78 is 6.73. The first-order chi connectivity index (χ1) is 13.8. The molecule has 0 aromatic heterocycles. The third-order valence-corrected chi connectivity index (χ3v) is 6.04. The molecule has 0 saturated heterocycles. The molecule has 1 heterocycles. The minimum atomic E-state index is -0.735. The highest BCUT2D eigenvalue weighted by atomic mass is 79.9. The molecule has 3 amide bonds. The second-order valence-electron chi connectivity index (χ2n) is 7.60. The van der Waals surface area contributed by atoms with Gasteiger partial charge in [0.2, 0.25) is 0 Å². The van der Waals surface area contributed by atoms with Gasteiger partial charge in [-0.25, -0.2) is 10.2 Å². The van der Waals surface area contributed by atoms with E-state index >= 15 is 0 Å². The van der Waals surface area contributed by atoms with Crippen LogP contribution in [0.1, 0.15) is 44.6 Å². The third-order valence-electron chi connectivity index (χ3n) is 5.51. The Morgan fingerprint density at radius 2 is 1.93 bits per heavy atom. The summed E-state index contributed by atoms with van der Waals surface area (Å²) >= 11 is 3.43. The van der Waals surface area contributed by atoms with Crippen LogP contribution in [0.15, 0.2) is 33.8 Å². The van der Waals surface area contributed by atoms with E-state index in [1.165, 1.54) is 7.05 Å². The van der Waals surface area contributed by atoms with Crippen molar-refractivity contribution in [1.82, 2.24) is 16.1 Å². The first kappa shape index (κ1) is 21.3. The van der Waals surface area contributed by atoms with Gasteiger partial charge < -0.3 is 15.4 Å². The van der Waals surface area contributed by atoms with Crippen molar-refractivity contribution in [3.8, 4) is 0 Å². The molecule has 1 aliphatic carbocycles. The molecule has 0 unspecified atom stereocenters. The van der Waals surface area contributed by atoms with Crippen molar-refractivity contribution in [1.29, 1.82) is 0 Å². The lowest BCUT2D eigenvalue weighted by Crippen LogP contribution is -2.52. The van der Waals surface area contributed by atoms with Gasteiger partial charge in [0, 0.05) is 23.1 Å². The van der Waals surface area contributed by atoms with E-state index in [0.717, 1.165) is 35.0 Å². The van der Waals surface area contributed by atoms with Gasteiger partial charge in [0.15, 0.2) is 5.60 Å². The minimum Gasteiger partial charge on any atom is -0.435 e. The maximum absolute atomic E-state index is 11.9. The summed E-state index contributed by atoms with van der Waals surface area (Å²) in [6, 6.07) is 7.66. The quantitative estimate of drug-likeness (QED) is 0.594. The Hall–Kier alpha value is -2.42. The zero-order valence-corrected chi connectivity index (χ0v) is 18.0. The van der Waals surface area contributed by atoms with Gasteiger partial charge in [0.05, 0.1) is 0 Å². The van der Waals surface area contributed by atoms with Crippen LogP contribution in [0.4, 0.5) is 4.79 Å². The lowest BCUT2D eigenvalue weighted by Gasteiger charge is -2.42. The van der Waals surface area contributed by atoms with E-state index < -0.39 is 23.5 Å². The van der Waals surface area contributed by atoms with Crippen molar-refractivity contribution in [2.24, 2.45) is 11.0 Å². The van der Waals surface area contributed by atoms with Crippen molar-refractivity contribution >= 4 is 39.5 Å². The average Bonchev–Trinajstić information content (AvgIpc) is 2.70. The van der Waals surface area contributed by atoms with Crippen molar-refractivity contribution < 1.29 is 19.1 Å². The molecule has 8 nitrogen and oxygen atoms in total. The first-order valence-corrected chi connectivity index (χ1v) is 10.5. The van der Waals surface area contributed by atoms with E-state index in [1.807, 2.05) is 31.2 Å². The van der Waals surface area contributed by atoms with Gasteiger partial charge in [-0.3, -0.25) is 9.59 Å². The van der Waals surface area contributed by atoms with E-state index in [2.05, 4.69) is 37.1 Å². The van der Waals surface area contributed by atoms with Crippen molar-refractivity contribution in [3.05, 3.63) is 34.3 Å². The van der Waals surface area contributed by atoms with E-state index in [9.17, 15) is 14.4 Å². The lowest BCUT2D eigenvalue weighted by molar-refractivity contribution is -0.139. The van der Waals surface area contributed by atoms with E-state index in [4.69, 9.17) is 4.74 Å². The summed E-state index contributed by atoms with van der Waals surface area (Å²) in [4.78, 5) is 35.0. The van der Waals surface area contributed by atoms with Crippen LogP contribution in [0.5, 0.6) is 0 Å².